The molecule has 2 rings (SSSR count). The molecular weight excluding hydrogens is 230 g/mol. The average molecular weight is 259 g/mol. The highest BCUT2D eigenvalue weighted by atomic mass is 14.9. The van der Waals surface area contributed by atoms with Gasteiger partial charge in [0, 0.05) is 12.6 Å². The molecule has 1 aromatic carbocycles. The van der Waals surface area contributed by atoms with Gasteiger partial charge in [0.1, 0.15) is 0 Å². The second-order valence-corrected chi connectivity index (χ2v) is 7.46. The average Bonchev–Trinajstić information content (AvgIpc) is 3.15. The van der Waals surface area contributed by atoms with Crippen LogP contribution in [0, 0.1) is 10.8 Å². The fraction of sp³-hybridized carbons (Fsp3) is 0.667. The Morgan fingerprint density at radius 3 is 2.26 bits per heavy atom. The highest BCUT2D eigenvalue weighted by Gasteiger charge is 2.40. The molecule has 1 atom stereocenters. The van der Waals surface area contributed by atoms with E-state index in [1.165, 1.54) is 37.8 Å². The molecule has 0 radical (unpaired) electrons. The summed E-state index contributed by atoms with van der Waals surface area (Å²) in [6.07, 6.45) is 5.33. The van der Waals surface area contributed by atoms with Gasteiger partial charge in [-0.15, -0.1) is 0 Å². The minimum atomic E-state index is 0.358. The Morgan fingerprint density at radius 2 is 1.79 bits per heavy atom. The van der Waals surface area contributed by atoms with Gasteiger partial charge in [-0.25, -0.2) is 0 Å². The SMILES string of the molecule is CCC1(CNC(CC(C)(C)C)c2ccccc2)CC1. The Morgan fingerprint density at radius 1 is 1.16 bits per heavy atom. The van der Waals surface area contributed by atoms with Crippen LogP contribution in [0.3, 0.4) is 0 Å². The Balaban J connectivity index is 2.02. The highest BCUT2D eigenvalue weighted by Crippen LogP contribution is 2.48. The summed E-state index contributed by atoms with van der Waals surface area (Å²) in [5.41, 5.74) is 2.41. The van der Waals surface area contributed by atoms with Crippen LogP contribution in [0.1, 0.15) is 65.0 Å². The molecule has 0 bridgehead atoms. The van der Waals surface area contributed by atoms with Crippen LogP contribution in [0.4, 0.5) is 0 Å². The number of nitrogens with one attached hydrogen (secondary N) is 1. The van der Waals surface area contributed by atoms with Crippen LogP contribution in [0.15, 0.2) is 30.3 Å². The van der Waals surface area contributed by atoms with E-state index in [-0.39, 0.29) is 0 Å². The van der Waals surface area contributed by atoms with Crippen molar-refractivity contribution in [3.8, 4) is 0 Å². The van der Waals surface area contributed by atoms with Crippen LogP contribution < -0.4 is 5.32 Å². The lowest BCUT2D eigenvalue weighted by atomic mass is 9.85. The van der Waals surface area contributed by atoms with Crippen LogP contribution in [0.5, 0.6) is 0 Å². The first-order valence-electron chi connectivity index (χ1n) is 7.72. The molecule has 1 unspecified atom stereocenters. The molecule has 0 aliphatic heterocycles. The predicted molar refractivity (Wildman–Crippen MR) is 83.2 cm³/mol. The minimum absolute atomic E-state index is 0.358. The van der Waals surface area contributed by atoms with Gasteiger partial charge in [-0.05, 0) is 42.1 Å². The van der Waals surface area contributed by atoms with Crippen molar-refractivity contribution in [3.05, 3.63) is 35.9 Å². The highest BCUT2D eigenvalue weighted by molar-refractivity contribution is 5.19. The normalized spacial score (nSPS) is 19.2. The van der Waals surface area contributed by atoms with Gasteiger partial charge in [-0.1, -0.05) is 58.0 Å². The van der Waals surface area contributed by atoms with Gasteiger partial charge in [-0.3, -0.25) is 0 Å². The van der Waals surface area contributed by atoms with Crippen LogP contribution in [-0.4, -0.2) is 6.54 Å². The molecule has 1 heteroatoms. The third-order valence-corrected chi connectivity index (χ3v) is 4.45. The molecule has 0 amide bonds. The number of hydrogen-bond donors (Lipinski definition) is 1. The van der Waals surface area contributed by atoms with Crippen LogP contribution >= 0.6 is 0 Å². The first-order valence-corrected chi connectivity index (χ1v) is 7.72. The lowest BCUT2D eigenvalue weighted by Crippen LogP contribution is -2.30. The van der Waals surface area contributed by atoms with Gasteiger partial charge in [0.25, 0.3) is 0 Å². The molecule has 1 N–H and O–H groups in total. The van der Waals surface area contributed by atoms with Gasteiger partial charge in [-0.2, -0.15) is 0 Å². The van der Waals surface area contributed by atoms with Crippen molar-refractivity contribution in [3.63, 3.8) is 0 Å². The fourth-order valence-electron chi connectivity index (χ4n) is 2.78. The summed E-state index contributed by atoms with van der Waals surface area (Å²) >= 11 is 0. The van der Waals surface area contributed by atoms with Crippen molar-refractivity contribution in [2.75, 3.05) is 6.54 Å². The maximum atomic E-state index is 3.85. The third-order valence-electron chi connectivity index (χ3n) is 4.45. The summed E-state index contributed by atoms with van der Waals surface area (Å²) in [4.78, 5) is 0. The molecule has 1 aliphatic carbocycles. The molecule has 1 fully saturated rings. The van der Waals surface area contributed by atoms with E-state index in [0.717, 1.165) is 0 Å². The minimum Gasteiger partial charge on any atom is -0.309 e. The number of rotatable bonds is 6. The first-order chi connectivity index (χ1) is 8.94. The summed E-state index contributed by atoms with van der Waals surface area (Å²) in [5.74, 6) is 0. The molecule has 0 spiro atoms. The van der Waals surface area contributed by atoms with Gasteiger partial charge in [0.15, 0.2) is 0 Å². The van der Waals surface area contributed by atoms with E-state index in [4.69, 9.17) is 0 Å². The Hall–Kier alpha value is -0.820. The van der Waals surface area contributed by atoms with Crippen molar-refractivity contribution in [1.29, 1.82) is 0 Å². The molecular formula is C18H29N. The lowest BCUT2D eigenvalue weighted by molar-refractivity contribution is 0.294. The van der Waals surface area contributed by atoms with E-state index in [9.17, 15) is 0 Å². The lowest BCUT2D eigenvalue weighted by Gasteiger charge is -2.29. The van der Waals surface area contributed by atoms with Crippen LogP contribution in [0.25, 0.3) is 0 Å². The van der Waals surface area contributed by atoms with E-state index in [1.54, 1.807) is 0 Å². The number of benzene rings is 1. The molecule has 106 valence electrons. The van der Waals surface area contributed by atoms with Crippen LogP contribution in [0.2, 0.25) is 0 Å². The van der Waals surface area contributed by atoms with Gasteiger partial charge < -0.3 is 5.32 Å². The standard InChI is InChI=1S/C18H29N/c1-5-18(11-12-18)14-19-16(13-17(2,3)4)15-9-7-6-8-10-15/h6-10,16,19H,5,11-14H2,1-4H3. The molecule has 1 aromatic rings. The summed E-state index contributed by atoms with van der Waals surface area (Å²) in [7, 11) is 0. The Labute approximate surface area is 118 Å². The maximum Gasteiger partial charge on any atom is 0.0325 e. The fourth-order valence-corrected chi connectivity index (χ4v) is 2.78. The molecule has 1 aliphatic rings. The molecule has 0 aromatic heterocycles. The largest absolute Gasteiger partial charge is 0.309 e. The van der Waals surface area contributed by atoms with Crippen molar-refractivity contribution in [1.82, 2.24) is 5.32 Å². The zero-order valence-corrected chi connectivity index (χ0v) is 13.0. The van der Waals surface area contributed by atoms with Gasteiger partial charge in [0.05, 0.1) is 0 Å². The van der Waals surface area contributed by atoms with E-state index >= 15 is 0 Å². The third kappa shape index (κ3) is 4.35. The molecule has 19 heavy (non-hydrogen) atoms. The zero-order valence-electron chi connectivity index (χ0n) is 13.0. The Bertz CT molecular complexity index is 384. The number of hydrogen-bond acceptors (Lipinski definition) is 1. The summed E-state index contributed by atoms with van der Waals surface area (Å²) in [6.45, 7) is 10.5. The van der Waals surface area contributed by atoms with Gasteiger partial charge >= 0.3 is 0 Å². The molecule has 1 saturated carbocycles. The van der Waals surface area contributed by atoms with E-state index in [2.05, 4.69) is 63.3 Å². The summed E-state index contributed by atoms with van der Waals surface area (Å²) in [5, 5.41) is 3.85. The summed E-state index contributed by atoms with van der Waals surface area (Å²) < 4.78 is 0. The quantitative estimate of drug-likeness (QED) is 0.762. The second-order valence-electron chi connectivity index (χ2n) is 7.46. The molecule has 0 heterocycles. The smallest absolute Gasteiger partial charge is 0.0325 e. The monoisotopic (exact) mass is 259 g/mol. The van der Waals surface area contributed by atoms with Crippen molar-refractivity contribution < 1.29 is 0 Å². The van der Waals surface area contributed by atoms with Crippen LogP contribution in [-0.2, 0) is 0 Å². The molecule has 0 saturated heterocycles. The molecule has 1 nitrogen and oxygen atoms in total. The topological polar surface area (TPSA) is 12.0 Å². The van der Waals surface area contributed by atoms with E-state index < -0.39 is 0 Å². The zero-order chi connectivity index (χ0) is 13.9. The maximum absolute atomic E-state index is 3.85. The first kappa shape index (κ1) is 14.6. The van der Waals surface area contributed by atoms with Crippen molar-refractivity contribution in [2.45, 2.75) is 59.4 Å². The van der Waals surface area contributed by atoms with E-state index in [0.29, 0.717) is 16.9 Å². The summed E-state index contributed by atoms with van der Waals surface area (Å²) in [6, 6.07) is 11.4. The van der Waals surface area contributed by atoms with E-state index in [1.807, 2.05) is 0 Å². The van der Waals surface area contributed by atoms with Crippen molar-refractivity contribution in [2.24, 2.45) is 10.8 Å². The Kier molecular flexibility index (Phi) is 4.35. The second kappa shape index (κ2) is 5.66. The van der Waals surface area contributed by atoms with Crippen molar-refractivity contribution >= 4 is 0 Å². The predicted octanol–water partition coefficient (Wildman–Crippen LogP) is 4.94. The van der Waals surface area contributed by atoms with Gasteiger partial charge in [0.2, 0.25) is 0 Å².